The average Bonchev–Trinajstić information content (AvgIpc) is 2.73. The molecule has 0 aliphatic rings. The third-order valence-electron chi connectivity index (χ3n) is 4.93. The van der Waals surface area contributed by atoms with Crippen LogP contribution in [0.1, 0.15) is 30.9 Å². The van der Waals surface area contributed by atoms with Gasteiger partial charge >= 0.3 is 0 Å². The molecule has 0 spiro atoms. The zero-order valence-electron chi connectivity index (χ0n) is 17.7. The first-order chi connectivity index (χ1) is 14.7. The molecule has 5 nitrogen and oxygen atoms in total. The number of aryl methyl sites for hydroxylation is 1. The number of nitrogens with zero attached hydrogens (tertiary/aromatic N) is 1. The van der Waals surface area contributed by atoms with E-state index in [9.17, 15) is 13.2 Å². The third kappa shape index (κ3) is 5.46. The second-order valence-electron chi connectivity index (χ2n) is 7.58. The molecule has 0 heterocycles. The van der Waals surface area contributed by atoms with E-state index >= 15 is 0 Å². The lowest BCUT2D eigenvalue weighted by atomic mass is 10.0. The van der Waals surface area contributed by atoms with Gasteiger partial charge in [-0.15, -0.1) is 0 Å². The molecule has 3 aromatic carbocycles. The van der Waals surface area contributed by atoms with Crippen LogP contribution >= 0.6 is 11.6 Å². The van der Waals surface area contributed by atoms with Crippen LogP contribution in [0.4, 0.5) is 11.4 Å². The van der Waals surface area contributed by atoms with Gasteiger partial charge in [-0.1, -0.05) is 55.8 Å². The van der Waals surface area contributed by atoms with E-state index in [4.69, 9.17) is 11.6 Å². The predicted octanol–water partition coefficient (Wildman–Crippen LogP) is 5.61. The normalized spacial score (nSPS) is 11.4. The van der Waals surface area contributed by atoms with Crippen LogP contribution in [-0.4, -0.2) is 20.9 Å². The number of halogens is 1. The SMILES string of the molecule is Cc1ccccc1N(CC(=O)Nc1ccc(C(C)C)cc1)S(=O)(=O)c1ccc(Cl)cc1. The number of carbonyl (C=O) groups is 1. The van der Waals surface area contributed by atoms with Crippen LogP contribution in [0.2, 0.25) is 5.02 Å². The number of benzene rings is 3. The van der Waals surface area contributed by atoms with Gasteiger partial charge in [0.1, 0.15) is 6.54 Å². The lowest BCUT2D eigenvalue weighted by Gasteiger charge is -2.25. The Morgan fingerprint density at radius 2 is 1.58 bits per heavy atom. The topological polar surface area (TPSA) is 66.5 Å². The van der Waals surface area contributed by atoms with Gasteiger partial charge in [-0.25, -0.2) is 8.42 Å². The van der Waals surface area contributed by atoms with Gasteiger partial charge < -0.3 is 5.32 Å². The summed E-state index contributed by atoms with van der Waals surface area (Å²) in [6.07, 6.45) is 0. The van der Waals surface area contributed by atoms with Crippen molar-refractivity contribution in [1.82, 2.24) is 0 Å². The van der Waals surface area contributed by atoms with Gasteiger partial charge in [0.15, 0.2) is 0 Å². The number of amides is 1. The maximum Gasteiger partial charge on any atom is 0.264 e. The van der Waals surface area contributed by atoms with Gasteiger partial charge in [0.2, 0.25) is 5.91 Å². The molecule has 0 saturated heterocycles. The van der Waals surface area contributed by atoms with Crippen LogP contribution in [0.3, 0.4) is 0 Å². The van der Waals surface area contributed by atoms with E-state index in [1.54, 1.807) is 12.1 Å². The summed E-state index contributed by atoms with van der Waals surface area (Å²) in [6.45, 7) is 5.63. The summed E-state index contributed by atoms with van der Waals surface area (Å²) in [7, 11) is -3.98. The third-order valence-corrected chi connectivity index (χ3v) is 6.96. The van der Waals surface area contributed by atoms with E-state index in [1.165, 1.54) is 24.3 Å². The highest BCUT2D eigenvalue weighted by Gasteiger charge is 2.28. The summed E-state index contributed by atoms with van der Waals surface area (Å²) in [5.41, 5.74) is 2.96. The molecule has 162 valence electrons. The van der Waals surface area contributed by atoms with Gasteiger partial charge in [-0.3, -0.25) is 9.10 Å². The minimum absolute atomic E-state index is 0.0641. The first-order valence-corrected chi connectivity index (χ1v) is 11.7. The quantitative estimate of drug-likeness (QED) is 0.502. The second kappa shape index (κ2) is 9.54. The zero-order valence-corrected chi connectivity index (χ0v) is 19.2. The molecule has 0 bridgehead atoms. The molecule has 0 atom stereocenters. The number of anilines is 2. The fraction of sp³-hybridized carbons (Fsp3) is 0.208. The molecule has 0 fully saturated rings. The number of hydrogen-bond donors (Lipinski definition) is 1. The van der Waals surface area contributed by atoms with Crippen LogP contribution in [-0.2, 0) is 14.8 Å². The number of para-hydroxylation sites is 1. The number of sulfonamides is 1. The first kappa shape index (κ1) is 22.8. The summed E-state index contributed by atoms with van der Waals surface area (Å²) in [6, 6.07) is 20.5. The summed E-state index contributed by atoms with van der Waals surface area (Å²) in [5.74, 6) is -0.0519. The van der Waals surface area contributed by atoms with Crippen molar-refractivity contribution in [2.75, 3.05) is 16.2 Å². The van der Waals surface area contributed by atoms with Gasteiger partial charge in [0.05, 0.1) is 10.6 Å². The van der Waals surface area contributed by atoms with Crippen LogP contribution < -0.4 is 9.62 Å². The summed E-state index contributed by atoms with van der Waals surface area (Å²) >= 11 is 5.92. The first-order valence-electron chi connectivity index (χ1n) is 9.92. The Bertz CT molecular complexity index is 1160. The Morgan fingerprint density at radius 3 is 2.16 bits per heavy atom. The predicted molar refractivity (Wildman–Crippen MR) is 126 cm³/mol. The molecule has 0 radical (unpaired) electrons. The van der Waals surface area contributed by atoms with E-state index in [-0.39, 0.29) is 11.4 Å². The van der Waals surface area contributed by atoms with Crippen molar-refractivity contribution < 1.29 is 13.2 Å². The monoisotopic (exact) mass is 456 g/mol. The van der Waals surface area contributed by atoms with E-state index < -0.39 is 15.9 Å². The highest BCUT2D eigenvalue weighted by molar-refractivity contribution is 7.92. The van der Waals surface area contributed by atoms with Crippen molar-refractivity contribution in [3.63, 3.8) is 0 Å². The average molecular weight is 457 g/mol. The van der Waals surface area contributed by atoms with Crippen LogP contribution in [0.15, 0.2) is 77.7 Å². The largest absolute Gasteiger partial charge is 0.325 e. The lowest BCUT2D eigenvalue weighted by Crippen LogP contribution is -2.38. The van der Waals surface area contributed by atoms with Crippen LogP contribution in [0.25, 0.3) is 0 Å². The Hall–Kier alpha value is -2.83. The van der Waals surface area contributed by atoms with E-state index in [2.05, 4.69) is 19.2 Å². The van der Waals surface area contributed by atoms with Gasteiger partial charge in [-0.05, 0) is 66.4 Å². The molecule has 1 N–H and O–H groups in total. The van der Waals surface area contributed by atoms with Crippen molar-refractivity contribution in [3.8, 4) is 0 Å². The Labute approximate surface area is 188 Å². The van der Waals surface area contributed by atoms with E-state index in [1.807, 2.05) is 43.3 Å². The fourth-order valence-electron chi connectivity index (χ4n) is 3.16. The Morgan fingerprint density at radius 1 is 0.968 bits per heavy atom. The molecule has 3 rings (SSSR count). The van der Waals surface area contributed by atoms with Gasteiger partial charge in [-0.2, -0.15) is 0 Å². The fourth-order valence-corrected chi connectivity index (χ4v) is 4.77. The van der Waals surface area contributed by atoms with E-state index in [0.717, 1.165) is 15.4 Å². The summed E-state index contributed by atoms with van der Waals surface area (Å²) in [4.78, 5) is 12.9. The maximum absolute atomic E-state index is 13.4. The molecule has 3 aromatic rings. The standard InChI is InChI=1S/C24H25ClN2O3S/c1-17(2)19-8-12-21(13-9-19)26-24(28)16-27(23-7-5-4-6-18(23)3)31(29,30)22-14-10-20(25)11-15-22/h4-15,17H,16H2,1-3H3,(H,26,28). The lowest BCUT2D eigenvalue weighted by molar-refractivity contribution is -0.114. The molecule has 0 aromatic heterocycles. The zero-order chi connectivity index (χ0) is 22.6. The Balaban J connectivity index is 1.91. The molecule has 0 aliphatic heterocycles. The smallest absolute Gasteiger partial charge is 0.264 e. The second-order valence-corrected chi connectivity index (χ2v) is 9.88. The van der Waals surface area contributed by atoms with Crippen molar-refractivity contribution in [2.45, 2.75) is 31.6 Å². The van der Waals surface area contributed by atoms with Crippen molar-refractivity contribution in [2.24, 2.45) is 0 Å². The highest BCUT2D eigenvalue weighted by atomic mass is 35.5. The molecular weight excluding hydrogens is 432 g/mol. The van der Waals surface area contributed by atoms with Crippen molar-refractivity contribution in [3.05, 3.63) is 88.9 Å². The molecule has 31 heavy (non-hydrogen) atoms. The van der Waals surface area contributed by atoms with Crippen LogP contribution in [0.5, 0.6) is 0 Å². The van der Waals surface area contributed by atoms with Crippen molar-refractivity contribution >= 4 is 38.9 Å². The summed E-state index contributed by atoms with van der Waals surface area (Å²) < 4.78 is 27.9. The number of nitrogens with one attached hydrogen (secondary N) is 1. The molecular formula is C24H25ClN2O3S. The Kier molecular flexibility index (Phi) is 7.03. The number of carbonyl (C=O) groups excluding carboxylic acids is 1. The molecule has 7 heteroatoms. The molecule has 0 aliphatic carbocycles. The molecule has 1 amide bonds. The number of hydrogen-bond acceptors (Lipinski definition) is 3. The van der Waals surface area contributed by atoms with E-state index in [0.29, 0.717) is 22.3 Å². The van der Waals surface area contributed by atoms with Crippen LogP contribution in [0, 0.1) is 6.92 Å². The van der Waals surface area contributed by atoms with Gasteiger partial charge in [0, 0.05) is 10.7 Å². The summed E-state index contributed by atoms with van der Waals surface area (Å²) in [5, 5.41) is 3.23. The van der Waals surface area contributed by atoms with Crippen molar-refractivity contribution in [1.29, 1.82) is 0 Å². The number of rotatable bonds is 7. The molecule has 0 unspecified atom stereocenters. The molecule has 0 saturated carbocycles. The minimum Gasteiger partial charge on any atom is -0.325 e. The minimum atomic E-state index is -3.98. The highest BCUT2D eigenvalue weighted by Crippen LogP contribution is 2.27. The van der Waals surface area contributed by atoms with Gasteiger partial charge in [0.25, 0.3) is 10.0 Å². The maximum atomic E-state index is 13.4.